The molecular weight excluding hydrogens is 287 g/mol. The lowest BCUT2D eigenvalue weighted by Gasteiger charge is -2.08. The number of hydrogen-bond donors (Lipinski definition) is 0. The van der Waals surface area contributed by atoms with Crippen LogP contribution in [0, 0.1) is 23.2 Å². The van der Waals surface area contributed by atoms with Gasteiger partial charge in [0.25, 0.3) is 0 Å². The van der Waals surface area contributed by atoms with Gasteiger partial charge < -0.3 is 0 Å². The lowest BCUT2D eigenvalue weighted by Crippen LogP contribution is -2.08. The van der Waals surface area contributed by atoms with E-state index in [9.17, 15) is 18.0 Å². The van der Waals surface area contributed by atoms with Crippen LogP contribution in [0.3, 0.4) is 0 Å². The van der Waals surface area contributed by atoms with E-state index in [0.29, 0.717) is 12.2 Å². The fourth-order valence-electron chi connectivity index (χ4n) is 1.36. The van der Waals surface area contributed by atoms with E-state index in [2.05, 4.69) is 11.8 Å². The third kappa shape index (κ3) is 4.99. The Bertz CT molecular complexity index is 606. The molecule has 2 nitrogen and oxygen atoms in total. The maximum atomic E-state index is 12.7. The predicted octanol–water partition coefficient (Wildman–Crippen LogP) is 3.60. The lowest BCUT2D eigenvalue weighted by molar-refractivity contribution is -0.137. The molecule has 20 heavy (non-hydrogen) atoms. The zero-order valence-electron chi connectivity index (χ0n) is 10.5. The summed E-state index contributed by atoms with van der Waals surface area (Å²) in [4.78, 5) is 10.7. The van der Waals surface area contributed by atoms with Gasteiger partial charge in [0.05, 0.1) is 17.2 Å². The third-order valence-electron chi connectivity index (χ3n) is 2.21. The molecule has 0 fully saturated rings. The maximum absolute atomic E-state index is 12.7. The van der Waals surface area contributed by atoms with Crippen LogP contribution in [0.5, 0.6) is 0 Å². The van der Waals surface area contributed by atoms with Crippen molar-refractivity contribution in [3.05, 3.63) is 34.9 Å². The van der Waals surface area contributed by atoms with Crippen LogP contribution < -0.4 is 0 Å². The second-order valence-corrected chi connectivity index (χ2v) is 5.03. The van der Waals surface area contributed by atoms with Crippen LogP contribution in [0.25, 0.3) is 0 Å². The minimum atomic E-state index is -4.58. The molecule has 0 atom stereocenters. The number of carbonyl (C=O) groups excluding carboxylic acids is 1. The highest BCUT2D eigenvalue weighted by molar-refractivity contribution is 8.13. The monoisotopic (exact) mass is 297 g/mol. The first-order valence-corrected chi connectivity index (χ1v) is 6.56. The van der Waals surface area contributed by atoms with Gasteiger partial charge in [0, 0.05) is 24.7 Å². The lowest BCUT2D eigenvalue weighted by atomic mass is 10.0. The van der Waals surface area contributed by atoms with Gasteiger partial charge in [-0.3, -0.25) is 4.79 Å². The Kier molecular flexibility index (Phi) is 5.66. The van der Waals surface area contributed by atoms with Gasteiger partial charge in [-0.1, -0.05) is 23.6 Å². The number of alkyl halides is 3. The highest BCUT2D eigenvalue weighted by Crippen LogP contribution is 2.32. The van der Waals surface area contributed by atoms with Crippen molar-refractivity contribution in [2.45, 2.75) is 19.5 Å². The van der Waals surface area contributed by atoms with Crippen LogP contribution >= 0.6 is 11.8 Å². The third-order valence-corrected chi connectivity index (χ3v) is 3.03. The average Bonchev–Trinajstić information content (AvgIpc) is 2.36. The summed E-state index contributed by atoms with van der Waals surface area (Å²) in [6.07, 6.45) is -4.17. The van der Waals surface area contributed by atoms with Crippen LogP contribution in [0.15, 0.2) is 18.2 Å². The van der Waals surface area contributed by atoms with Gasteiger partial charge in [0.2, 0.25) is 0 Å². The molecule has 0 aliphatic rings. The first-order valence-electron chi connectivity index (χ1n) is 5.58. The zero-order valence-corrected chi connectivity index (χ0v) is 11.4. The Morgan fingerprint density at radius 1 is 1.40 bits per heavy atom. The van der Waals surface area contributed by atoms with E-state index >= 15 is 0 Å². The quantitative estimate of drug-likeness (QED) is 0.618. The van der Waals surface area contributed by atoms with Crippen LogP contribution in [0.1, 0.15) is 30.0 Å². The van der Waals surface area contributed by atoms with E-state index in [1.807, 2.05) is 0 Å². The largest absolute Gasteiger partial charge is 0.417 e. The topological polar surface area (TPSA) is 40.9 Å². The number of halogens is 3. The Labute approximate surface area is 119 Å². The van der Waals surface area contributed by atoms with Crippen molar-refractivity contribution < 1.29 is 18.0 Å². The minimum absolute atomic E-state index is 0.0236. The number of benzene rings is 1. The molecule has 0 aromatic heterocycles. The average molecular weight is 297 g/mol. The smallest absolute Gasteiger partial charge is 0.288 e. The summed E-state index contributed by atoms with van der Waals surface area (Å²) in [7, 11) is 0. The first kappa shape index (κ1) is 16.1. The number of nitrogens with zero attached hydrogens (tertiary/aromatic N) is 1. The minimum Gasteiger partial charge on any atom is -0.288 e. The molecule has 0 heterocycles. The number of rotatable bonds is 2. The highest BCUT2D eigenvalue weighted by atomic mass is 32.2. The van der Waals surface area contributed by atoms with E-state index in [1.165, 1.54) is 19.1 Å². The van der Waals surface area contributed by atoms with Gasteiger partial charge in [-0.25, -0.2) is 0 Å². The molecule has 104 valence electrons. The molecule has 1 aromatic rings. The first-order chi connectivity index (χ1) is 9.34. The number of nitriles is 1. The second kappa shape index (κ2) is 7.02. The van der Waals surface area contributed by atoms with Crippen LogP contribution in [-0.2, 0) is 11.0 Å². The molecule has 0 aliphatic carbocycles. The summed E-state index contributed by atoms with van der Waals surface area (Å²) < 4.78 is 38.1. The summed E-state index contributed by atoms with van der Waals surface area (Å²) >= 11 is 1.12. The van der Waals surface area contributed by atoms with Crippen molar-refractivity contribution in [2.75, 3.05) is 5.75 Å². The number of thioether (sulfide) groups is 1. The Hall–Kier alpha value is -1.92. The van der Waals surface area contributed by atoms with Gasteiger partial charge in [-0.05, 0) is 18.2 Å². The Morgan fingerprint density at radius 2 is 2.10 bits per heavy atom. The van der Waals surface area contributed by atoms with E-state index in [0.717, 1.165) is 23.9 Å². The van der Waals surface area contributed by atoms with Crippen molar-refractivity contribution in [2.24, 2.45) is 0 Å². The summed E-state index contributed by atoms with van der Waals surface area (Å²) in [5.74, 6) is 5.80. The molecule has 6 heteroatoms. The molecule has 0 bridgehead atoms. The van der Waals surface area contributed by atoms with Gasteiger partial charge >= 0.3 is 6.18 Å². The molecule has 1 rings (SSSR count). The summed E-state index contributed by atoms with van der Waals surface area (Å²) in [6, 6.07) is 4.86. The molecule has 0 amide bonds. The molecular formula is C14H10F3NOS. The fraction of sp³-hybridized carbons (Fsp3) is 0.286. The van der Waals surface area contributed by atoms with Gasteiger partial charge in [0.15, 0.2) is 5.12 Å². The van der Waals surface area contributed by atoms with Crippen LogP contribution in [0.4, 0.5) is 13.2 Å². The van der Waals surface area contributed by atoms with E-state index < -0.39 is 17.3 Å². The van der Waals surface area contributed by atoms with Gasteiger partial charge in [-0.15, -0.1) is 0 Å². The predicted molar refractivity (Wildman–Crippen MR) is 70.8 cm³/mol. The fourth-order valence-corrected chi connectivity index (χ4v) is 1.86. The highest BCUT2D eigenvalue weighted by Gasteiger charge is 2.33. The van der Waals surface area contributed by atoms with Crippen molar-refractivity contribution in [1.29, 1.82) is 5.26 Å². The normalized spacial score (nSPS) is 10.3. The van der Waals surface area contributed by atoms with Gasteiger partial charge in [-0.2, -0.15) is 18.4 Å². The second-order valence-electron chi connectivity index (χ2n) is 3.76. The molecule has 0 spiro atoms. The maximum Gasteiger partial charge on any atom is 0.417 e. The molecule has 0 radical (unpaired) electrons. The molecule has 0 saturated heterocycles. The summed E-state index contributed by atoms with van der Waals surface area (Å²) in [5.41, 5.74) is -1.20. The Morgan fingerprint density at radius 3 is 2.65 bits per heavy atom. The van der Waals surface area contributed by atoms with Crippen LogP contribution in [0.2, 0.25) is 0 Å². The van der Waals surface area contributed by atoms with Crippen molar-refractivity contribution in [3.63, 3.8) is 0 Å². The molecule has 0 aliphatic heterocycles. The standard InChI is InChI=1S/C14H10F3NOS/c1-10(19)20-7-3-2-4-11-5-6-12(9-18)13(8-11)14(15,16)17/h5-6,8H,3,7H2,1H3. The van der Waals surface area contributed by atoms with Crippen LogP contribution in [-0.4, -0.2) is 10.9 Å². The van der Waals surface area contributed by atoms with E-state index in [4.69, 9.17) is 5.26 Å². The Balaban J connectivity index is 2.86. The summed E-state index contributed by atoms with van der Waals surface area (Å²) in [6.45, 7) is 1.44. The van der Waals surface area contributed by atoms with Crippen molar-refractivity contribution >= 4 is 16.9 Å². The van der Waals surface area contributed by atoms with E-state index in [1.54, 1.807) is 0 Å². The summed E-state index contributed by atoms with van der Waals surface area (Å²) in [5, 5.41) is 8.63. The van der Waals surface area contributed by atoms with Crippen molar-refractivity contribution in [3.8, 4) is 17.9 Å². The molecule has 0 unspecified atom stereocenters. The SMILES string of the molecule is CC(=O)SCCC#Cc1ccc(C#N)c(C(F)(F)F)c1. The zero-order chi connectivity index (χ0) is 15.2. The molecule has 0 N–H and O–H groups in total. The number of carbonyl (C=O) groups is 1. The van der Waals surface area contributed by atoms with E-state index in [-0.39, 0.29) is 10.7 Å². The molecule has 1 aromatic carbocycles. The number of hydrogen-bond acceptors (Lipinski definition) is 3. The molecule has 0 saturated carbocycles. The van der Waals surface area contributed by atoms with Gasteiger partial charge in [0.1, 0.15) is 0 Å². The van der Waals surface area contributed by atoms with Crippen molar-refractivity contribution in [1.82, 2.24) is 0 Å².